The molecule has 1 fully saturated rings. The van der Waals surface area contributed by atoms with Crippen LogP contribution in [0.3, 0.4) is 0 Å². The van der Waals surface area contributed by atoms with Crippen LogP contribution in [0.15, 0.2) is 45.8 Å². The van der Waals surface area contributed by atoms with Gasteiger partial charge in [0.05, 0.1) is 20.0 Å². The Bertz CT molecular complexity index is 979. The lowest BCUT2D eigenvalue weighted by molar-refractivity contribution is 0.102. The molecule has 2 aromatic rings. The van der Waals surface area contributed by atoms with Crippen LogP contribution in [0.25, 0.3) is 0 Å². The van der Waals surface area contributed by atoms with Crippen molar-refractivity contribution in [1.82, 2.24) is 4.72 Å². The lowest BCUT2D eigenvalue weighted by atomic mass is 10.2. The number of amides is 1. The molecule has 0 unspecified atom stereocenters. The van der Waals surface area contributed by atoms with Gasteiger partial charge in [-0.3, -0.25) is 4.79 Å². The molecular formula is C18H17BrClFN2O3S. The number of carbonyl (C=O) groups excluding carboxylic acids is 1. The van der Waals surface area contributed by atoms with Crippen LogP contribution in [0.5, 0.6) is 0 Å². The van der Waals surface area contributed by atoms with Gasteiger partial charge in [-0.05, 0) is 65.2 Å². The Morgan fingerprint density at radius 2 is 1.85 bits per heavy atom. The number of benzene rings is 2. The Hall–Kier alpha value is -1.48. The maximum atomic E-state index is 13.3. The first-order valence-corrected chi connectivity index (χ1v) is 11.0. The number of sulfonamides is 1. The third-order valence-electron chi connectivity index (χ3n) is 4.35. The lowest BCUT2D eigenvalue weighted by Crippen LogP contribution is -2.32. The molecule has 1 aliphatic carbocycles. The minimum atomic E-state index is -3.75. The van der Waals surface area contributed by atoms with Gasteiger partial charge in [0.15, 0.2) is 0 Å². The normalized spacial score (nSPS) is 15.1. The van der Waals surface area contributed by atoms with Gasteiger partial charge in [-0.2, -0.15) is 0 Å². The topological polar surface area (TPSA) is 75.3 Å². The van der Waals surface area contributed by atoms with Crippen molar-refractivity contribution >= 4 is 49.1 Å². The van der Waals surface area contributed by atoms with Crippen LogP contribution in [0.1, 0.15) is 36.0 Å². The third-order valence-corrected chi connectivity index (χ3v) is 6.80. The van der Waals surface area contributed by atoms with Gasteiger partial charge < -0.3 is 5.32 Å². The molecule has 27 heavy (non-hydrogen) atoms. The molecule has 0 aliphatic heterocycles. The molecule has 2 N–H and O–H groups in total. The first kappa shape index (κ1) is 20.3. The zero-order valence-electron chi connectivity index (χ0n) is 14.1. The molecule has 0 heterocycles. The summed E-state index contributed by atoms with van der Waals surface area (Å²) in [6.07, 6.45) is 3.60. The van der Waals surface area contributed by atoms with Crippen molar-refractivity contribution < 1.29 is 17.6 Å². The fourth-order valence-corrected chi connectivity index (χ4v) is 4.86. The van der Waals surface area contributed by atoms with Gasteiger partial charge in [0.1, 0.15) is 5.82 Å². The average Bonchev–Trinajstić information content (AvgIpc) is 3.10. The predicted octanol–water partition coefficient (Wildman–Crippen LogP) is 4.71. The molecule has 0 radical (unpaired) electrons. The largest absolute Gasteiger partial charge is 0.322 e. The summed E-state index contributed by atoms with van der Waals surface area (Å²) >= 11 is 9.13. The molecule has 2 aromatic carbocycles. The van der Waals surface area contributed by atoms with Crippen LogP contribution in [0, 0.1) is 5.82 Å². The highest BCUT2D eigenvalue weighted by Crippen LogP contribution is 2.25. The molecule has 1 saturated carbocycles. The van der Waals surface area contributed by atoms with Crippen LogP contribution in [-0.2, 0) is 10.0 Å². The Morgan fingerprint density at radius 3 is 2.52 bits per heavy atom. The van der Waals surface area contributed by atoms with Crippen molar-refractivity contribution in [3.05, 3.63) is 57.3 Å². The quantitative estimate of drug-likeness (QED) is 0.657. The van der Waals surface area contributed by atoms with Gasteiger partial charge in [-0.1, -0.05) is 24.4 Å². The molecule has 0 aromatic heterocycles. The van der Waals surface area contributed by atoms with E-state index in [1.807, 2.05) is 0 Å². The number of hydrogen-bond acceptors (Lipinski definition) is 3. The van der Waals surface area contributed by atoms with E-state index in [0.717, 1.165) is 25.7 Å². The van der Waals surface area contributed by atoms with Crippen molar-refractivity contribution in [1.29, 1.82) is 0 Å². The fourth-order valence-electron chi connectivity index (χ4n) is 2.95. The van der Waals surface area contributed by atoms with E-state index in [0.29, 0.717) is 5.69 Å². The van der Waals surface area contributed by atoms with Gasteiger partial charge in [-0.15, -0.1) is 0 Å². The van der Waals surface area contributed by atoms with E-state index in [2.05, 4.69) is 26.0 Å². The van der Waals surface area contributed by atoms with E-state index in [1.54, 1.807) is 0 Å². The maximum absolute atomic E-state index is 13.3. The van der Waals surface area contributed by atoms with Crippen molar-refractivity contribution in [2.45, 2.75) is 36.6 Å². The Kier molecular flexibility index (Phi) is 6.20. The van der Waals surface area contributed by atoms with Gasteiger partial charge in [-0.25, -0.2) is 17.5 Å². The summed E-state index contributed by atoms with van der Waals surface area (Å²) in [4.78, 5) is 12.5. The number of anilines is 1. The summed E-state index contributed by atoms with van der Waals surface area (Å²) in [6, 6.07) is 7.91. The summed E-state index contributed by atoms with van der Waals surface area (Å²) in [5.41, 5.74) is 0.369. The molecule has 0 atom stereocenters. The Balaban J connectivity index is 1.83. The number of rotatable bonds is 5. The smallest absolute Gasteiger partial charge is 0.257 e. The average molecular weight is 476 g/mol. The highest BCUT2D eigenvalue weighted by Gasteiger charge is 2.24. The highest BCUT2D eigenvalue weighted by molar-refractivity contribution is 9.10. The predicted molar refractivity (Wildman–Crippen MR) is 106 cm³/mol. The zero-order valence-corrected chi connectivity index (χ0v) is 17.3. The molecule has 5 nitrogen and oxygen atoms in total. The minimum absolute atomic E-state index is 0.0198. The van der Waals surface area contributed by atoms with Crippen molar-refractivity contribution in [2.75, 3.05) is 5.32 Å². The van der Waals surface area contributed by atoms with Crippen molar-refractivity contribution in [3.63, 3.8) is 0 Å². The second-order valence-electron chi connectivity index (χ2n) is 6.33. The Morgan fingerprint density at radius 1 is 1.15 bits per heavy atom. The van der Waals surface area contributed by atoms with Gasteiger partial charge >= 0.3 is 0 Å². The monoisotopic (exact) mass is 474 g/mol. The van der Waals surface area contributed by atoms with E-state index in [4.69, 9.17) is 11.6 Å². The second kappa shape index (κ2) is 8.26. The van der Waals surface area contributed by atoms with Gasteiger partial charge in [0, 0.05) is 11.7 Å². The standard InChI is InChI=1S/C18H17BrClFN2O3S/c19-15-9-12(5-8-17(15)21)22-18(24)14-10-13(6-7-16(14)20)27(25,26)23-11-3-1-2-4-11/h5-11,23H,1-4H2,(H,22,24). The number of nitrogens with one attached hydrogen (secondary N) is 2. The molecule has 0 spiro atoms. The molecule has 0 saturated heterocycles. The lowest BCUT2D eigenvalue weighted by Gasteiger charge is -2.14. The molecular weight excluding hydrogens is 459 g/mol. The molecule has 1 amide bonds. The summed E-state index contributed by atoms with van der Waals surface area (Å²) in [6.45, 7) is 0. The summed E-state index contributed by atoms with van der Waals surface area (Å²) < 4.78 is 41.3. The van der Waals surface area contributed by atoms with Crippen molar-refractivity contribution in [3.8, 4) is 0 Å². The number of halogens is 3. The number of carbonyl (C=O) groups is 1. The molecule has 1 aliphatic rings. The fraction of sp³-hybridized carbons (Fsp3) is 0.278. The molecule has 144 valence electrons. The third kappa shape index (κ3) is 4.87. The van der Waals surface area contributed by atoms with Crippen LogP contribution in [0.2, 0.25) is 5.02 Å². The zero-order chi connectivity index (χ0) is 19.6. The van der Waals surface area contributed by atoms with Crippen LogP contribution in [0.4, 0.5) is 10.1 Å². The van der Waals surface area contributed by atoms with E-state index in [1.165, 1.54) is 36.4 Å². The maximum Gasteiger partial charge on any atom is 0.257 e. The van der Waals surface area contributed by atoms with E-state index in [9.17, 15) is 17.6 Å². The van der Waals surface area contributed by atoms with Crippen LogP contribution >= 0.6 is 27.5 Å². The first-order valence-electron chi connectivity index (χ1n) is 8.34. The van der Waals surface area contributed by atoms with E-state index >= 15 is 0 Å². The SMILES string of the molecule is O=C(Nc1ccc(F)c(Br)c1)c1cc(S(=O)(=O)NC2CCCC2)ccc1Cl. The number of hydrogen-bond donors (Lipinski definition) is 2. The Labute approximate surface area is 170 Å². The molecule has 0 bridgehead atoms. The van der Waals surface area contributed by atoms with Crippen LogP contribution in [-0.4, -0.2) is 20.4 Å². The summed E-state index contributed by atoms with van der Waals surface area (Å²) in [5, 5.41) is 2.70. The van der Waals surface area contributed by atoms with Crippen LogP contribution < -0.4 is 10.0 Å². The first-order chi connectivity index (χ1) is 12.8. The second-order valence-corrected chi connectivity index (χ2v) is 9.30. The molecule has 9 heteroatoms. The summed E-state index contributed by atoms with van der Waals surface area (Å²) in [7, 11) is -3.75. The minimum Gasteiger partial charge on any atom is -0.322 e. The van der Waals surface area contributed by atoms with Crippen molar-refractivity contribution in [2.24, 2.45) is 0 Å². The van der Waals surface area contributed by atoms with E-state index < -0.39 is 21.7 Å². The highest BCUT2D eigenvalue weighted by atomic mass is 79.9. The van der Waals surface area contributed by atoms with E-state index in [-0.39, 0.29) is 26.0 Å². The van der Waals surface area contributed by atoms with Gasteiger partial charge in [0.2, 0.25) is 10.0 Å². The summed E-state index contributed by atoms with van der Waals surface area (Å²) in [5.74, 6) is -1.05. The van der Waals surface area contributed by atoms with Gasteiger partial charge in [0.25, 0.3) is 5.91 Å². The molecule has 3 rings (SSSR count).